The zero-order valence-electron chi connectivity index (χ0n) is 36.9. The van der Waals surface area contributed by atoms with Crippen molar-refractivity contribution >= 4 is 11.7 Å². The Labute approximate surface area is 389 Å². The number of ether oxygens (including phenoxy) is 2. The Hall–Kier alpha value is -8.52. The van der Waals surface area contributed by atoms with Gasteiger partial charge in [0.1, 0.15) is 28.6 Å². The first-order valence-corrected chi connectivity index (χ1v) is 21.4. The van der Waals surface area contributed by atoms with Crippen LogP contribution in [-0.2, 0) is 6.42 Å². The van der Waals surface area contributed by atoms with E-state index in [0.717, 1.165) is 51.0 Å². The molecule has 0 aliphatic rings. The van der Waals surface area contributed by atoms with Crippen molar-refractivity contribution in [2.75, 3.05) is 19.2 Å². The van der Waals surface area contributed by atoms with Crippen LogP contribution in [0.15, 0.2) is 174 Å². The third-order valence-electron chi connectivity index (χ3n) is 10.8. The van der Waals surface area contributed by atoms with Crippen LogP contribution in [0.2, 0.25) is 0 Å². The molecule has 0 amide bonds. The smallest absolute Gasteiger partial charge is 0.358 e. The quantitative estimate of drug-likeness (QED) is 0.0883. The molecule has 0 fully saturated rings. The number of oxazole rings is 1. The van der Waals surface area contributed by atoms with Gasteiger partial charge < -0.3 is 23.8 Å². The monoisotopic (exact) mass is 896 g/mol. The number of aromatic carboxylic acids is 1. The number of hydrogen-bond acceptors (Lipinski definition) is 11. The lowest BCUT2D eigenvalue weighted by molar-refractivity contribution is 0.0688. The van der Waals surface area contributed by atoms with Gasteiger partial charge in [0, 0.05) is 23.8 Å². The molecule has 2 atom stereocenters. The van der Waals surface area contributed by atoms with Gasteiger partial charge in [-0.2, -0.15) is 9.90 Å². The van der Waals surface area contributed by atoms with Crippen LogP contribution in [0.3, 0.4) is 0 Å². The molecule has 2 unspecified atom stereocenters. The van der Waals surface area contributed by atoms with Crippen molar-refractivity contribution in [2.45, 2.75) is 46.5 Å². The van der Waals surface area contributed by atoms with Gasteiger partial charge >= 0.3 is 5.97 Å². The molecule has 0 aliphatic carbocycles. The van der Waals surface area contributed by atoms with Crippen molar-refractivity contribution < 1.29 is 28.6 Å². The first-order valence-electron chi connectivity index (χ1n) is 21.4. The Balaban J connectivity index is 0.000000202. The van der Waals surface area contributed by atoms with Crippen LogP contribution in [0.1, 0.15) is 77.6 Å². The fourth-order valence-electron chi connectivity index (χ4n) is 7.07. The maximum atomic E-state index is 11.8. The second kappa shape index (κ2) is 21.9. The van der Waals surface area contributed by atoms with Gasteiger partial charge in [-0.25, -0.2) is 15.3 Å². The first kappa shape index (κ1) is 46.5. The number of hydrogen-bond donors (Lipinski definition) is 2. The molecule has 0 saturated heterocycles. The minimum atomic E-state index is -1.11. The number of aromatic nitrogens is 7. The van der Waals surface area contributed by atoms with Crippen LogP contribution in [0.25, 0.3) is 22.8 Å². The first-order chi connectivity index (χ1) is 32.2. The highest BCUT2D eigenvalue weighted by Crippen LogP contribution is 2.32. The summed E-state index contributed by atoms with van der Waals surface area (Å²) >= 11 is 0. The number of carboxylic acid groups (broad SMARTS) is 1. The minimum absolute atomic E-state index is 0. The summed E-state index contributed by atoms with van der Waals surface area (Å²) < 4.78 is 17.0. The molecule has 0 saturated carbocycles. The largest absolute Gasteiger partial charge is 0.497 e. The maximum absolute atomic E-state index is 11.8. The van der Waals surface area contributed by atoms with Gasteiger partial charge in [-0.1, -0.05) is 118 Å². The van der Waals surface area contributed by atoms with E-state index in [1.807, 2.05) is 184 Å². The Morgan fingerprint density at radius 2 is 1.16 bits per heavy atom. The van der Waals surface area contributed by atoms with Crippen LogP contribution in [0.5, 0.6) is 17.4 Å². The van der Waals surface area contributed by atoms with Gasteiger partial charge in [-0.3, -0.25) is 0 Å². The lowest BCUT2D eigenvalue weighted by atomic mass is 9.96. The topological polar surface area (TPSA) is 164 Å². The second-order valence-electron chi connectivity index (χ2n) is 15.2. The minimum Gasteiger partial charge on any atom is -0.497 e. The third-order valence-corrected chi connectivity index (χ3v) is 10.8. The van der Waals surface area contributed by atoms with Gasteiger partial charge in [0.25, 0.3) is 5.88 Å². The van der Waals surface area contributed by atoms with Crippen LogP contribution in [0.4, 0.5) is 5.69 Å². The zero-order valence-corrected chi connectivity index (χ0v) is 36.9. The molecule has 3 aromatic heterocycles. The SMILES string of the molecule is C.COc1ccc(C(C)c2nn(-c3ccccc3)nc2ONc2ccccc2)cc1.Cc1oc(-c2ccccc2)nc1CCOc1ccc(C(C)c2nn(-c3ccccc3)nc2C(=O)O)cc1. The van der Waals surface area contributed by atoms with Crippen LogP contribution >= 0.6 is 0 Å². The van der Waals surface area contributed by atoms with Crippen molar-refractivity contribution in [2.24, 2.45) is 0 Å². The Morgan fingerprint density at radius 3 is 1.73 bits per heavy atom. The van der Waals surface area contributed by atoms with E-state index in [4.69, 9.17) is 23.8 Å². The van der Waals surface area contributed by atoms with E-state index in [-0.39, 0.29) is 25.0 Å². The van der Waals surface area contributed by atoms with Gasteiger partial charge in [0.15, 0.2) is 5.69 Å². The number of benzene rings is 6. The molecule has 0 aliphatic heterocycles. The number of methoxy groups -OCH3 is 1. The van der Waals surface area contributed by atoms with Crippen molar-refractivity contribution in [1.82, 2.24) is 35.0 Å². The fraction of sp³-hybridized carbons (Fsp3) is 0.170. The molecule has 0 bridgehead atoms. The molecule has 9 aromatic rings. The molecule has 0 spiro atoms. The van der Waals surface area contributed by atoms with E-state index in [9.17, 15) is 9.90 Å². The number of rotatable bonds is 16. The van der Waals surface area contributed by atoms with E-state index >= 15 is 0 Å². The van der Waals surface area contributed by atoms with E-state index in [0.29, 0.717) is 41.9 Å². The maximum Gasteiger partial charge on any atom is 0.358 e. The Morgan fingerprint density at radius 1 is 0.657 bits per heavy atom. The molecule has 340 valence electrons. The lowest BCUT2D eigenvalue weighted by Gasteiger charge is -2.12. The molecule has 14 nitrogen and oxygen atoms in total. The molecular weight excluding hydrogens is 845 g/mol. The third kappa shape index (κ3) is 11.4. The second-order valence-corrected chi connectivity index (χ2v) is 15.2. The summed E-state index contributed by atoms with van der Waals surface area (Å²) in [4.78, 5) is 25.3. The molecule has 6 aromatic carbocycles. The zero-order chi connectivity index (χ0) is 45.8. The standard InChI is InChI=1S/C29H26N4O4.C23H22N4O2.CH4/c1-19(26-27(29(34)35)32-33(31-26)23-11-7-4-8-12-23)21-13-15-24(16-14-21)36-18-17-25-20(2)37-28(30-25)22-9-5-3-6-10-22;1-17(18-13-15-21(28-2)16-14-18)22-23(29-26-19-9-5-3-6-10-19)25-27(24-22)20-11-7-4-8-12-20;/h3-16,19H,17-18H2,1-2H3,(H,34,35);3-17,26H,1-2H3;1H4. The van der Waals surface area contributed by atoms with E-state index in [2.05, 4.69) is 32.7 Å². The van der Waals surface area contributed by atoms with E-state index in [1.165, 1.54) is 4.80 Å². The number of anilines is 1. The molecule has 3 heterocycles. The number of nitrogens with zero attached hydrogens (tertiary/aromatic N) is 7. The van der Waals surface area contributed by atoms with Crippen LogP contribution < -0.4 is 19.8 Å². The fourth-order valence-corrected chi connectivity index (χ4v) is 7.07. The van der Waals surface area contributed by atoms with Gasteiger partial charge in [0.05, 0.1) is 36.5 Å². The van der Waals surface area contributed by atoms with Gasteiger partial charge in [0.2, 0.25) is 5.89 Å². The average molecular weight is 897 g/mol. The highest BCUT2D eigenvalue weighted by molar-refractivity contribution is 5.86. The number of aryl methyl sites for hydroxylation is 1. The number of para-hydroxylation sites is 3. The molecule has 14 heteroatoms. The van der Waals surface area contributed by atoms with Crippen molar-refractivity contribution in [3.63, 3.8) is 0 Å². The summed E-state index contributed by atoms with van der Waals surface area (Å²) in [6, 6.07) is 54.0. The van der Waals surface area contributed by atoms with Gasteiger partial charge in [-0.15, -0.1) is 20.1 Å². The molecule has 0 radical (unpaired) electrons. The van der Waals surface area contributed by atoms with Crippen molar-refractivity contribution in [3.8, 4) is 40.2 Å². The number of nitrogens with one attached hydrogen (secondary N) is 1. The Bertz CT molecular complexity index is 2940. The molecular formula is C53H52N8O6. The highest BCUT2D eigenvalue weighted by Gasteiger charge is 2.25. The molecule has 2 N–H and O–H groups in total. The van der Waals surface area contributed by atoms with E-state index in [1.54, 1.807) is 11.9 Å². The average Bonchev–Trinajstić information content (AvgIpc) is 4.12. The summed E-state index contributed by atoms with van der Waals surface area (Å²) in [5, 5.41) is 27.7. The van der Waals surface area contributed by atoms with Crippen LogP contribution in [-0.4, -0.2) is 59.8 Å². The summed E-state index contributed by atoms with van der Waals surface area (Å²) in [7, 11) is 1.66. The molecule has 67 heavy (non-hydrogen) atoms. The van der Waals surface area contributed by atoms with E-state index < -0.39 is 5.97 Å². The highest BCUT2D eigenvalue weighted by atomic mass is 16.7. The predicted molar refractivity (Wildman–Crippen MR) is 257 cm³/mol. The summed E-state index contributed by atoms with van der Waals surface area (Å²) in [6.07, 6.45) is 0.616. The lowest BCUT2D eigenvalue weighted by Crippen LogP contribution is -2.08. The van der Waals surface area contributed by atoms with Gasteiger partial charge in [-0.05, 0) is 90.8 Å². The predicted octanol–water partition coefficient (Wildman–Crippen LogP) is 11.2. The number of carboxylic acids is 1. The number of carbonyl (C=O) groups is 1. The molecule has 9 rings (SSSR count). The van der Waals surface area contributed by atoms with Crippen LogP contribution in [0, 0.1) is 6.92 Å². The summed E-state index contributed by atoms with van der Waals surface area (Å²) in [6.45, 7) is 6.35. The van der Waals surface area contributed by atoms with Crippen molar-refractivity contribution in [3.05, 3.63) is 210 Å². The summed E-state index contributed by atoms with van der Waals surface area (Å²) in [5.41, 5.74) is 10.3. The normalized spacial score (nSPS) is 11.6. The Kier molecular flexibility index (Phi) is 15.2. The van der Waals surface area contributed by atoms with Crippen molar-refractivity contribution in [1.29, 1.82) is 0 Å². The summed E-state index contributed by atoms with van der Waals surface area (Å²) in [5.74, 6) is 1.95.